The third-order valence-electron chi connectivity index (χ3n) is 6.20. The summed E-state index contributed by atoms with van der Waals surface area (Å²) in [6.07, 6.45) is 2.03. The second-order valence-corrected chi connectivity index (χ2v) is 9.21. The van der Waals surface area contributed by atoms with Crippen LogP contribution in [0.25, 0.3) is 0 Å². The first kappa shape index (κ1) is 22.5. The SMILES string of the molecule is C[C@@H]1CC[C@@H]2C(=O)N(N(CC(=O)c3ccccc3)C(=O)c3ccc(Cl)c(Cl)c3)C(=O)[C@H]2C1. The van der Waals surface area contributed by atoms with Gasteiger partial charge in [0, 0.05) is 11.1 Å². The zero-order chi connectivity index (χ0) is 23.0. The summed E-state index contributed by atoms with van der Waals surface area (Å²) in [6, 6.07) is 12.7. The number of imide groups is 1. The van der Waals surface area contributed by atoms with E-state index in [9.17, 15) is 19.2 Å². The molecule has 32 heavy (non-hydrogen) atoms. The molecule has 0 N–H and O–H groups in total. The van der Waals surface area contributed by atoms with E-state index in [-0.39, 0.29) is 21.4 Å². The van der Waals surface area contributed by atoms with Crippen LogP contribution in [0.2, 0.25) is 10.0 Å². The Morgan fingerprint density at radius 2 is 1.62 bits per heavy atom. The first-order valence-electron chi connectivity index (χ1n) is 10.5. The standard InChI is InChI=1S/C24H22Cl2N2O4/c1-14-7-9-17-18(11-14)24(32)28(23(17)31)27(13-21(29)15-5-3-2-4-6-15)22(30)16-8-10-19(25)20(26)12-16/h2-6,8,10,12,14,17-18H,7,9,11,13H2,1H3/t14-,17+,18+/m1/s1. The van der Waals surface area contributed by atoms with Gasteiger partial charge in [0.15, 0.2) is 5.78 Å². The monoisotopic (exact) mass is 472 g/mol. The van der Waals surface area contributed by atoms with Crippen molar-refractivity contribution in [3.05, 3.63) is 69.7 Å². The number of nitrogens with zero attached hydrogens (tertiary/aromatic N) is 2. The first-order chi connectivity index (χ1) is 15.3. The zero-order valence-electron chi connectivity index (χ0n) is 17.5. The molecule has 3 atom stereocenters. The second-order valence-electron chi connectivity index (χ2n) is 8.40. The van der Waals surface area contributed by atoms with Crippen molar-refractivity contribution >= 4 is 46.7 Å². The molecule has 0 bridgehead atoms. The van der Waals surface area contributed by atoms with Crippen LogP contribution in [0.4, 0.5) is 0 Å². The zero-order valence-corrected chi connectivity index (χ0v) is 19.0. The van der Waals surface area contributed by atoms with Gasteiger partial charge < -0.3 is 0 Å². The minimum atomic E-state index is -0.666. The summed E-state index contributed by atoms with van der Waals surface area (Å²) >= 11 is 12.0. The van der Waals surface area contributed by atoms with Gasteiger partial charge in [0.25, 0.3) is 17.7 Å². The van der Waals surface area contributed by atoms with Crippen molar-refractivity contribution in [1.82, 2.24) is 10.0 Å². The number of benzene rings is 2. The number of halogens is 2. The Hall–Kier alpha value is -2.70. The van der Waals surface area contributed by atoms with Crippen molar-refractivity contribution < 1.29 is 19.2 Å². The van der Waals surface area contributed by atoms with Crippen LogP contribution in [0.3, 0.4) is 0 Å². The van der Waals surface area contributed by atoms with Crippen molar-refractivity contribution in [1.29, 1.82) is 0 Å². The number of fused-ring (bicyclic) bond motifs is 1. The van der Waals surface area contributed by atoms with Crippen LogP contribution in [0.1, 0.15) is 46.9 Å². The Balaban J connectivity index is 1.70. The Morgan fingerprint density at radius 3 is 2.31 bits per heavy atom. The van der Waals surface area contributed by atoms with Gasteiger partial charge in [0.05, 0.1) is 21.9 Å². The van der Waals surface area contributed by atoms with Crippen molar-refractivity contribution in [2.24, 2.45) is 17.8 Å². The molecule has 2 aromatic rings. The number of carbonyl (C=O) groups excluding carboxylic acids is 4. The molecule has 1 saturated heterocycles. The predicted molar refractivity (Wildman–Crippen MR) is 120 cm³/mol. The summed E-state index contributed by atoms with van der Waals surface area (Å²) in [7, 11) is 0. The van der Waals surface area contributed by atoms with Crippen LogP contribution in [0.5, 0.6) is 0 Å². The Kier molecular flexibility index (Phi) is 6.35. The lowest BCUT2D eigenvalue weighted by atomic mass is 9.76. The number of hydrogen-bond donors (Lipinski definition) is 0. The van der Waals surface area contributed by atoms with Crippen LogP contribution < -0.4 is 0 Å². The molecule has 8 heteroatoms. The van der Waals surface area contributed by atoms with E-state index >= 15 is 0 Å². The highest BCUT2D eigenvalue weighted by atomic mass is 35.5. The number of hydrogen-bond acceptors (Lipinski definition) is 4. The summed E-state index contributed by atoms with van der Waals surface area (Å²) in [4.78, 5) is 52.9. The molecule has 166 valence electrons. The molecule has 0 unspecified atom stereocenters. The highest BCUT2D eigenvalue weighted by molar-refractivity contribution is 6.42. The van der Waals surface area contributed by atoms with Gasteiger partial charge in [-0.05, 0) is 43.4 Å². The quantitative estimate of drug-likeness (QED) is 0.468. The predicted octanol–water partition coefficient (Wildman–Crippen LogP) is 4.65. The molecule has 2 aromatic carbocycles. The third kappa shape index (κ3) is 4.17. The Morgan fingerprint density at radius 1 is 0.938 bits per heavy atom. The lowest BCUT2D eigenvalue weighted by molar-refractivity contribution is -0.154. The Labute approximate surface area is 196 Å². The van der Waals surface area contributed by atoms with Gasteiger partial charge in [-0.25, -0.2) is 5.01 Å². The highest BCUT2D eigenvalue weighted by Crippen LogP contribution is 2.41. The molecule has 1 saturated carbocycles. The maximum absolute atomic E-state index is 13.4. The molecule has 1 aliphatic heterocycles. The molecular weight excluding hydrogens is 451 g/mol. The molecule has 2 aliphatic rings. The third-order valence-corrected chi connectivity index (χ3v) is 6.93. The van der Waals surface area contributed by atoms with E-state index in [0.29, 0.717) is 24.3 Å². The fourth-order valence-electron chi connectivity index (χ4n) is 4.47. The average Bonchev–Trinajstić information content (AvgIpc) is 3.03. The van der Waals surface area contributed by atoms with Crippen LogP contribution >= 0.6 is 23.2 Å². The summed E-state index contributed by atoms with van der Waals surface area (Å²) < 4.78 is 0. The maximum Gasteiger partial charge on any atom is 0.273 e. The van der Waals surface area contributed by atoms with E-state index in [1.54, 1.807) is 30.3 Å². The molecule has 4 rings (SSSR count). The molecular formula is C24H22Cl2N2O4. The number of carbonyl (C=O) groups is 4. The topological polar surface area (TPSA) is 74.8 Å². The normalized spacial score (nSPS) is 22.6. The lowest BCUT2D eigenvalue weighted by Gasteiger charge is -2.30. The molecule has 2 fully saturated rings. The van der Waals surface area contributed by atoms with Gasteiger partial charge in [0.2, 0.25) is 0 Å². The van der Waals surface area contributed by atoms with Gasteiger partial charge in [-0.15, -0.1) is 0 Å². The van der Waals surface area contributed by atoms with E-state index in [2.05, 4.69) is 0 Å². The number of ketones is 1. The highest BCUT2D eigenvalue weighted by Gasteiger charge is 2.52. The van der Waals surface area contributed by atoms with Gasteiger partial charge in [-0.1, -0.05) is 60.5 Å². The second kappa shape index (κ2) is 9.04. The van der Waals surface area contributed by atoms with E-state index in [1.165, 1.54) is 18.2 Å². The molecule has 0 radical (unpaired) electrons. The lowest BCUT2D eigenvalue weighted by Crippen LogP contribution is -2.52. The van der Waals surface area contributed by atoms with Crippen LogP contribution in [-0.2, 0) is 9.59 Å². The van der Waals surface area contributed by atoms with Crippen molar-refractivity contribution in [2.45, 2.75) is 26.2 Å². The molecule has 1 heterocycles. The largest absolute Gasteiger partial charge is 0.292 e. The molecule has 3 amide bonds. The minimum absolute atomic E-state index is 0.129. The fourth-order valence-corrected chi connectivity index (χ4v) is 4.77. The van der Waals surface area contributed by atoms with Gasteiger partial charge >= 0.3 is 0 Å². The van der Waals surface area contributed by atoms with Crippen molar-refractivity contribution in [3.8, 4) is 0 Å². The number of hydrazine groups is 1. The number of rotatable bonds is 5. The molecule has 0 aromatic heterocycles. The Bertz CT molecular complexity index is 1090. The van der Waals surface area contributed by atoms with Crippen LogP contribution in [0, 0.1) is 17.8 Å². The summed E-state index contributed by atoms with van der Waals surface area (Å²) in [5.74, 6) is -2.53. The average molecular weight is 473 g/mol. The van der Waals surface area contributed by atoms with Gasteiger partial charge in [-0.3, -0.25) is 19.2 Å². The molecule has 6 nitrogen and oxygen atoms in total. The molecule has 0 spiro atoms. The van der Waals surface area contributed by atoms with Gasteiger partial charge in [-0.2, -0.15) is 5.01 Å². The number of amides is 3. The van der Waals surface area contributed by atoms with E-state index in [1.807, 2.05) is 6.92 Å². The van der Waals surface area contributed by atoms with E-state index in [0.717, 1.165) is 16.4 Å². The molecule has 1 aliphatic carbocycles. The van der Waals surface area contributed by atoms with Crippen LogP contribution in [-0.4, -0.2) is 40.1 Å². The number of Topliss-reactive ketones (excluding diaryl/α,β-unsaturated/α-hetero) is 1. The minimum Gasteiger partial charge on any atom is -0.292 e. The van der Waals surface area contributed by atoms with E-state index in [4.69, 9.17) is 23.2 Å². The fraction of sp³-hybridized carbons (Fsp3) is 0.333. The maximum atomic E-state index is 13.4. The first-order valence-corrected chi connectivity index (χ1v) is 11.3. The van der Waals surface area contributed by atoms with E-state index < -0.39 is 36.1 Å². The summed E-state index contributed by atoms with van der Waals surface area (Å²) in [5, 5.41) is 2.28. The van der Waals surface area contributed by atoms with Crippen molar-refractivity contribution in [2.75, 3.05) is 6.54 Å². The summed E-state index contributed by atoms with van der Waals surface area (Å²) in [6.45, 7) is 1.60. The van der Waals surface area contributed by atoms with Crippen LogP contribution in [0.15, 0.2) is 48.5 Å². The summed E-state index contributed by atoms with van der Waals surface area (Å²) in [5.41, 5.74) is 0.508. The van der Waals surface area contributed by atoms with Crippen molar-refractivity contribution in [3.63, 3.8) is 0 Å². The smallest absolute Gasteiger partial charge is 0.273 e. The van der Waals surface area contributed by atoms with Gasteiger partial charge in [0.1, 0.15) is 6.54 Å².